The average molecular weight is 437 g/mol. The van der Waals surface area contributed by atoms with Gasteiger partial charge in [0, 0.05) is 13.1 Å². The number of ether oxygens (including phenoxy) is 1. The van der Waals surface area contributed by atoms with E-state index in [0.29, 0.717) is 36.4 Å². The van der Waals surface area contributed by atoms with Gasteiger partial charge in [-0.3, -0.25) is 4.90 Å². The van der Waals surface area contributed by atoms with E-state index in [9.17, 15) is 14.3 Å². The number of aromatic nitrogens is 2. The molecule has 1 amide bonds. The number of phenols is 1. The fourth-order valence-corrected chi connectivity index (χ4v) is 4.63. The Morgan fingerprint density at radius 3 is 2.50 bits per heavy atom. The zero-order chi connectivity index (χ0) is 21.8. The van der Waals surface area contributed by atoms with Gasteiger partial charge in [-0.2, -0.15) is 4.98 Å². The quantitative estimate of drug-likeness (QED) is 0.708. The molecule has 7 nitrogen and oxygen atoms in total. The standard InChI is InChI=1S/C21H26ClFN4O3/c1-5-11-8-14(23)17(28)15-16(11)24-19(22)25-18(15)26-9-12-6-7-13(10-26)27(12)20(29)30-21(2,3)4/h8,12-13,28H,5-7,9-10H2,1-4H3. The molecule has 0 radical (unpaired) electrons. The first-order valence-corrected chi connectivity index (χ1v) is 10.6. The lowest BCUT2D eigenvalue weighted by Crippen LogP contribution is -2.57. The van der Waals surface area contributed by atoms with Gasteiger partial charge in [0.2, 0.25) is 5.28 Å². The molecule has 2 aliphatic rings. The lowest BCUT2D eigenvalue weighted by Gasteiger charge is -2.42. The summed E-state index contributed by atoms with van der Waals surface area (Å²) in [6.45, 7) is 8.42. The van der Waals surface area contributed by atoms with Crippen LogP contribution >= 0.6 is 11.6 Å². The third kappa shape index (κ3) is 3.62. The minimum absolute atomic E-state index is 0.0418. The second-order valence-electron chi connectivity index (χ2n) is 8.94. The first-order chi connectivity index (χ1) is 14.1. The molecule has 2 fully saturated rings. The van der Waals surface area contributed by atoms with Gasteiger partial charge in [0.25, 0.3) is 0 Å². The van der Waals surface area contributed by atoms with E-state index in [-0.39, 0.29) is 28.8 Å². The third-order valence-electron chi connectivity index (χ3n) is 5.70. The number of anilines is 1. The van der Waals surface area contributed by atoms with Crippen LogP contribution in [0.5, 0.6) is 5.75 Å². The van der Waals surface area contributed by atoms with Crippen molar-refractivity contribution in [2.45, 2.75) is 64.6 Å². The van der Waals surface area contributed by atoms with Crippen LogP contribution < -0.4 is 4.90 Å². The van der Waals surface area contributed by atoms with E-state index in [1.807, 2.05) is 37.5 Å². The van der Waals surface area contributed by atoms with E-state index in [4.69, 9.17) is 16.3 Å². The number of nitrogens with zero attached hydrogens (tertiary/aromatic N) is 4. The van der Waals surface area contributed by atoms with Crippen LogP contribution in [-0.4, -0.2) is 56.8 Å². The zero-order valence-corrected chi connectivity index (χ0v) is 18.3. The number of halogens is 2. The number of carbonyl (C=O) groups is 1. The maximum Gasteiger partial charge on any atom is 0.410 e. The maximum absolute atomic E-state index is 14.4. The number of hydrogen-bond donors (Lipinski definition) is 1. The van der Waals surface area contributed by atoms with Crippen molar-refractivity contribution in [1.82, 2.24) is 14.9 Å². The molecule has 9 heteroatoms. The molecule has 1 aromatic carbocycles. The summed E-state index contributed by atoms with van der Waals surface area (Å²) < 4.78 is 20.0. The fourth-order valence-electron chi connectivity index (χ4n) is 4.47. The van der Waals surface area contributed by atoms with Crippen molar-refractivity contribution >= 4 is 34.4 Å². The van der Waals surface area contributed by atoms with Gasteiger partial charge in [0.05, 0.1) is 23.0 Å². The van der Waals surface area contributed by atoms with Gasteiger partial charge >= 0.3 is 6.09 Å². The van der Waals surface area contributed by atoms with Gasteiger partial charge in [-0.1, -0.05) is 6.92 Å². The molecule has 2 unspecified atom stereocenters. The van der Waals surface area contributed by atoms with Gasteiger partial charge in [-0.05, 0) is 63.3 Å². The summed E-state index contributed by atoms with van der Waals surface area (Å²) in [4.78, 5) is 25.1. The highest BCUT2D eigenvalue weighted by Crippen LogP contribution is 2.40. The molecular formula is C21H26ClFN4O3. The number of piperazine rings is 1. The Hall–Kier alpha value is -2.35. The smallest absolute Gasteiger partial charge is 0.410 e. The van der Waals surface area contributed by atoms with Crippen LogP contribution in [0.1, 0.15) is 46.1 Å². The van der Waals surface area contributed by atoms with Crippen LogP contribution in [0.3, 0.4) is 0 Å². The van der Waals surface area contributed by atoms with Gasteiger partial charge in [-0.15, -0.1) is 0 Å². The maximum atomic E-state index is 14.4. The topological polar surface area (TPSA) is 78.8 Å². The van der Waals surface area contributed by atoms with E-state index >= 15 is 0 Å². The highest BCUT2D eigenvalue weighted by molar-refractivity contribution is 6.29. The van der Waals surface area contributed by atoms with E-state index < -0.39 is 17.2 Å². The Kier molecular flexibility index (Phi) is 5.16. The van der Waals surface area contributed by atoms with Crippen molar-refractivity contribution in [2.24, 2.45) is 0 Å². The van der Waals surface area contributed by atoms with Crippen LogP contribution in [0.25, 0.3) is 10.9 Å². The number of carbonyl (C=O) groups excluding carboxylic acids is 1. The lowest BCUT2D eigenvalue weighted by molar-refractivity contribution is 0.0123. The highest BCUT2D eigenvalue weighted by Gasteiger charge is 2.45. The van der Waals surface area contributed by atoms with E-state index in [0.717, 1.165) is 12.8 Å². The number of benzene rings is 1. The number of hydrogen-bond acceptors (Lipinski definition) is 6. The molecule has 3 heterocycles. The minimum Gasteiger partial charge on any atom is -0.504 e. The van der Waals surface area contributed by atoms with Crippen molar-refractivity contribution in [3.63, 3.8) is 0 Å². The average Bonchev–Trinajstić information content (AvgIpc) is 2.92. The second-order valence-corrected chi connectivity index (χ2v) is 9.28. The molecule has 2 saturated heterocycles. The third-order valence-corrected chi connectivity index (χ3v) is 5.87. The molecule has 0 saturated carbocycles. The summed E-state index contributed by atoms with van der Waals surface area (Å²) in [6.07, 6.45) is 1.91. The molecule has 4 rings (SSSR count). The zero-order valence-electron chi connectivity index (χ0n) is 17.6. The summed E-state index contributed by atoms with van der Waals surface area (Å²) in [5.74, 6) is -0.782. The molecule has 162 valence electrons. The number of amides is 1. The molecule has 30 heavy (non-hydrogen) atoms. The first kappa shape index (κ1) is 20.9. The molecular weight excluding hydrogens is 411 g/mol. The summed E-state index contributed by atoms with van der Waals surface area (Å²) in [5.41, 5.74) is 0.540. The molecule has 1 N–H and O–H groups in total. The Labute approximate surface area is 179 Å². The molecule has 1 aromatic heterocycles. The summed E-state index contributed by atoms with van der Waals surface area (Å²) in [7, 11) is 0. The van der Waals surface area contributed by atoms with Crippen molar-refractivity contribution in [3.8, 4) is 5.75 Å². The van der Waals surface area contributed by atoms with Crippen LogP contribution in [0.4, 0.5) is 15.0 Å². The van der Waals surface area contributed by atoms with Gasteiger partial charge < -0.3 is 14.7 Å². The van der Waals surface area contributed by atoms with Crippen molar-refractivity contribution in [2.75, 3.05) is 18.0 Å². The normalized spacial score (nSPS) is 21.4. The fraction of sp³-hybridized carbons (Fsp3) is 0.571. The van der Waals surface area contributed by atoms with E-state index in [1.54, 1.807) is 0 Å². The van der Waals surface area contributed by atoms with Crippen LogP contribution in [0, 0.1) is 5.82 Å². The highest BCUT2D eigenvalue weighted by atomic mass is 35.5. The van der Waals surface area contributed by atoms with E-state index in [2.05, 4.69) is 9.97 Å². The molecule has 0 spiro atoms. The first-order valence-electron chi connectivity index (χ1n) is 10.2. The summed E-state index contributed by atoms with van der Waals surface area (Å²) in [5, 5.41) is 10.8. The second kappa shape index (κ2) is 7.41. The lowest BCUT2D eigenvalue weighted by atomic mass is 10.1. The number of fused-ring (bicyclic) bond motifs is 3. The predicted molar refractivity (Wildman–Crippen MR) is 113 cm³/mol. The van der Waals surface area contributed by atoms with Crippen LogP contribution in [0.15, 0.2) is 6.07 Å². The summed E-state index contributed by atoms with van der Waals surface area (Å²) >= 11 is 6.20. The number of rotatable bonds is 2. The number of aromatic hydroxyl groups is 1. The SMILES string of the molecule is CCc1cc(F)c(O)c2c(N3CC4CCC(C3)N4C(=O)OC(C)(C)C)nc(Cl)nc12. The molecule has 0 aliphatic carbocycles. The molecule has 2 bridgehead atoms. The van der Waals surface area contributed by atoms with Gasteiger partial charge in [0.15, 0.2) is 11.6 Å². The summed E-state index contributed by atoms with van der Waals surface area (Å²) in [6, 6.07) is 1.18. The Bertz CT molecular complexity index is 996. The minimum atomic E-state index is -0.707. The van der Waals surface area contributed by atoms with Crippen molar-refractivity contribution in [3.05, 3.63) is 22.7 Å². The molecule has 2 aromatic rings. The van der Waals surface area contributed by atoms with Crippen LogP contribution in [-0.2, 0) is 11.2 Å². The van der Waals surface area contributed by atoms with Gasteiger partial charge in [-0.25, -0.2) is 14.2 Å². The predicted octanol–water partition coefficient (Wildman–Crippen LogP) is 4.28. The largest absolute Gasteiger partial charge is 0.504 e. The monoisotopic (exact) mass is 436 g/mol. The number of phenolic OH excluding ortho intramolecular Hbond substituents is 1. The Morgan fingerprint density at radius 1 is 1.30 bits per heavy atom. The van der Waals surface area contributed by atoms with E-state index in [1.165, 1.54) is 6.07 Å². The number of aryl methyl sites for hydroxylation is 1. The molecule has 2 aliphatic heterocycles. The van der Waals surface area contributed by atoms with Crippen LogP contribution in [0.2, 0.25) is 5.28 Å². The molecule has 2 atom stereocenters. The Morgan fingerprint density at radius 2 is 1.93 bits per heavy atom. The van der Waals surface area contributed by atoms with Gasteiger partial charge in [0.1, 0.15) is 11.4 Å². The van der Waals surface area contributed by atoms with Crippen molar-refractivity contribution < 1.29 is 19.0 Å². The van der Waals surface area contributed by atoms with Crippen molar-refractivity contribution in [1.29, 1.82) is 0 Å². The Balaban J connectivity index is 1.72.